The number of hydrogen-bond donors (Lipinski definition) is 2. The van der Waals surface area contributed by atoms with Crippen molar-refractivity contribution in [1.29, 1.82) is 0 Å². The van der Waals surface area contributed by atoms with Crippen LogP contribution < -0.4 is 16.2 Å². The quantitative estimate of drug-likeness (QED) is 0.769. The van der Waals surface area contributed by atoms with Gasteiger partial charge in [0, 0.05) is 12.1 Å². The van der Waals surface area contributed by atoms with Gasteiger partial charge in [-0.2, -0.15) is 0 Å². The molecule has 2 amide bonds. The molecule has 1 aromatic rings. The number of benzene rings is 1. The molecule has 0 radical (unpaired) electrons. The van der Waals surface area contributed by atoms with E-state index in [4.69, 9.17) is 27.8 Å². The SMILES string of the molecule is CN(CCOc1ccc(Cl)cc1)C(=O)C(N)CC(N)=O.Cl. The third kappa shape index (κ3) is 7.17. The summed E-state index contributed by atoms with van der Waals surface area (Å²) in [5, 5.41) is 0.627. The Hall–Kier alpha value is -1.50. The van der Waals surface area contributed by atoms with Gasteiger partial charge in [-0.05, 0) is 24.3 Å². The molecule has 0 aliphatic rings. The molecule has 6 nitrogen and oxygen atoms in total. The van der Waals surface area contributed by atoms with Crippen LogP contribution in [0.5, 0.6) is 5.75 Å². The van der Waals surface area contributed by atoms with E-state index < -0.39 is 11.9 Å². The zero-order valence-electron chi connectivity index (χ0n) is 11.6. The van der Waals surface area contributed by atoms with Gasteiger partial charge >= 0.3 is 0 Å². The van der Waals surface area contributed by atoms with Crippen molar-refractivity contribution < 1.29 is 14.3 Å². The molecule has 1 aromatic carbocycles. The molecule has 0 saturated carbocycles. The van der Waals surface area contributed by atoms with Crippen LogP contribution >= 0.6 is 24.0 Å². The molecule has 0 bridgehead atoms. The average molecular weight is 336 g/mol. The van der Waals surface area contributed by atoms with E-state index in [0.29, 0.717) is 23.9 Å². The largest absolute Gasteiger partial charge is 0.492 e. The van der Waals surface area contributed by atoms with Crippen LogP contribution in [-0.4, -0.2) is 43.0 Å². The minimum Gasteiger partial charge on any atom is -0.492 e. The number of rotatable bonds is 7. The van der Waals surface area contributed by atoms with Crippen LogP contribution in [0.25, 0.3) is 0 Å². The number of carbonyl (C=O) groups excluding carboxylic acids is 2. The van der Waals surface area contributed by atoms with Crippen LogP contribution in [0.2, 0.25) is 5.02 Å². The Morgan fingerprint density at radius 1 is 1.33 bits per heavy atom. The molecule has 0 aliphatic heterocycles. The number of hydrogen-bond acceptors (Lipinski definition) is 4. The summed E-state index contributed by atoms with van der Waals surface area (Å²) >= 11 is 5.75. The fraction of sp³-hybridized carbons (Fsp3) is 0.385. The number of carbonyl (C=O) groups is 2. The van der Waals surface area contributed by atoms with Crippen LogP contribution in [0.1, 0.15) is 6.42 Å². The van der Waals surface area contributed by atoms with Crippen molar-refractivity contribution in [3.63, 3.8) is 0 Å². The fourth-order valence-electron chi connectivity index (χ4n) is 1.53. The summed E-state index contributed by atoms with van der Waals surface area (Å²) in [5.74, 6) is -0.281. The lowest BCUT2D eigenvalue weighted by atomic mass is 10.2. The van der Waals surface area contributed by atoms with E-state index in [9.17, 15) is 9.59 Å². The van der Waals surface area contributed by atoms with E-state index in [0.717, 1.165) is 0 Å². The van der Waals surface area contributed by atoms with Gasteiger partial charge in [-0.15, -0.1) is 12.4 Å². The van der Waals surface area contributed by atoms with Gasteiger partial charge in [-0.25, -0.2) is 0 Å². The van der Waals surface area contributed by atoms with E-state index in [1.54, 1.807) is 31.3 Å². The molecular formula is C13H19Cl2N3O3. The predicted octanol–water partition coefficient (Wildman–Crippen LogP) is 0.802. The van der Waals surface area contributed by atoms with Crippen molar-refractivity contribution in [2.75, 3.05) is 20.2 Å². The highest BCUT2D eigenvalue weighted by atomic mass is 35.5. The maximum Gasteiger partial charge on any atom is 0.239 e. The molecule has 21 heavy (non-hydrogen) atoms. The number of nitrogens with two attached hydrogens (primary N) is 2. The Morgan fingerprint density at radius 3 is 2.43 bits per heavy atom. The lowest BCUT2D eigenvalue weighted by molar-refractivity contribution is -0.133. The predicted molar refractivity (Wildman–Crippen MR) is 83.6 cm³/mol. The van der Waals surface area contributed by atoms with E-state index in [1.807, 2.05) is 0 Å². The molecule has 0 heterocycles. The van der Waals surface area contributed by atoms with E-state index in [2.05, 4.69) is 0 Å². The van der Waals surface area contributed by atoms with Crippen molar-refractivity contribution in [1.82, 2.24) is 4.90 Å². The molecule has 0 saturated heterocycles. The van der Waals surface area contributed by atoms with E-state index >= 15 is 0 Å². The van der Waals surface area contributed by atoms with Crippen molar-refractivity contribution in [3.05, 3.63) is 29.3 Å². The monoisotopic (exact) mass is 335 g/mol. The Labute approximate surface area is 134 Å². The van der Waals surface area contributed by atoms with Gasteiger partial charge in [-0.3, -0.25) is 9.59 Å². The van der Waals surface area contributed by atoms with Gasteiger partial charge in [0.15, 0.2) is 0 Å². The molecule has 0 aliphatic carbocycles. The van der Waals surface area contributed by atoms with Crippen molar-refractivity contribution in [2.45, 2.75) is 12.5 Å². The zero-order chi connectivity index (χ0) is 15.1. The maximum atomic E-state index is 11.8. The second-order valence-electron chi connectivity index (χ2n) is 4.34. The first-order valence-corrected chi connectivity index (χ1v) is 6.45. The van der Waals surface area contributed by atoms with Gasteiger partial charge in [-0.1, -0.05) is 11.6 Å². The first-order valence-electron chi connectivity index (χ1n) is 6.07. The topological polar surface area (TPSA) is 98.7 Å². The smallest absolute Gasteiger partial charge is 0.239 e. The molecule has 0 spiro atoms. The third-order valence-corrected chi connectivity index (χ3v) is 2.88. The highest BCUT2D eigenvalue weighted by Crippen LogP contribution is 2.15. The molecule has 0 fully saturated rings. The minimum atomic E-state index is -0.909. The number of halogens is 2. The number of nitrogens with zero attached hydrogens (tertiary/aromatic N) is 1. The zero-order valence-corrected chi connectivity index (χ0v) is 13.2. The van der Waals surface area contributed by atoms with E-state index in [-0.39, 0.29) is 24.7 Å². The molecule has 118 valence electrons. The molecular weight excluding hydrogens is 317 g/mol. The van der Waals surface area contributed by atoms with Crippen molar-refractivity contribution >= 4 is 35.8 Å². The van der Waals surface area contributed by atoms with Crippen LogP contribution in [0, 0.1) is 0 Å². The summed E-state index contributed by atoms with van der Waals surface area (Å²) in [5.41, 5.74) is 10.6. The second kappa shape index (κ2) is 9.44. The summed E-state index contributed by atoms with van der Waals surface area (Å²) < 4.78 is 5.46. The van der Waals surface area contributed by atoms with Crippen LogP contribution in [0.4, 0.5) is 0 Å². The summed E-state index contributed by atoms with van der Waals surface area (Å²) in [6.07, 6.45) is -0.165. The Bertz CT molecular complexity index is 468. The average Bonchev–Trinajstić information content (AvgIpc) is 2.39. The van der Waals surface area contributed by atoms with Gasteiger partial charge < -0.3 is 21.1 Å². The van der Waals surface area contributed by atoms with Crippen molar-refractivity contribution in [3.8, 4) is 5.75 Å². The third-order valence-electron chi connectivity index (χ3n) is 2.62. The Morgan fingerprint density at radius 2 is 1.90 bits per heavy atom. The second-order valence-corrected chi connectivity index (χ2v) is 4.78. The van der Waals surface area contributed by atoms with Gasteiger partial charge in [0.2, 0.25) is 11.8 Å². The molecule has 0 aromatic heterocycles. The van der Waals surface area contributed by atoms with Crippen LogP contribution in [0.15, 0.2) is 24.3 Å². The molecule has 1 rings (SSSR count). The molecule has 8 heteroatoms. The lowest BCUT2D eigenvalue weighted by Crippen LogP contribution is -2.45. The summed E-state index contributed by atoms with van der Waals surface area (Å²) in [6.45, 7) is 0.668. The van der Waals surface area contributed by atoms with Crippen molar-refractivity contribution in [2.24, 2.45) is 11.5 Å². The lowest BCUT2D eigenvalue weighted by Gasteiger charge is -2.20. The molecule has 4 N–H and O–H groups in total. The Balaban J connectivity index is 0.00000400. The van der Waals surface area contributed by atoms with Gasteiger partial charge in [0.05, 0.1) is 19.0 Å². The summed E-state index contributed by atoms with van der Waals surface area (Å²) in [4.78, 5) is 23.9. The van der Waals surface area contributed by atoms with E-state index in [1.165, 1.54) is 4.90 Å². The molecule has 1 atom stereocenters. The van der Waals surface area contributed by atoms with Crippen LogP contribution in [-0.2, 0) is 9.59 Å². The highest BCUT2D eigenvalue weighted by molar-refractivity contribution is 6.30. The van der Waals surface area contributed by atoms with Gasteiger partial charge in [0.1, 0.15) is 12.4 Å². The fourth-order valence-corrected chi connectivity index (χ4v) is 1.65. The number of ether oxygens (including phenoxy) is 1. The molecule has 1 unspecified atom stereocenters. The van der Waals surface area contributed by atoms with Gasteiger partial charge in [0.25, 0.3) is 0 Å². The normalized spacial score (nSPS) is 11.2. The number of likely N-dealkylation sites (N-methyl/N-ethyl adjacent to an activating group) is 1. The van der Waals surface area contributed by atoms with Crippen LogP contribution in [0.3, 0.4) is 0 Å². The standard InChI is InChI=1S/C13H18ClN3O3.ClH/c1-17(13(19)11(15)8-12(16)18)6-7-20-10-4-2-9(14)3-5-10;/h2-5,11H,6-8,15H2,1H3,(H2,16,18);1H. The number of primary amides is 1. The summed E-state index contributed by atoms with van der Waals surface area (Å²) in [6, 6.07) is 6.00. The maximum absolute atomic E-state index is 11.8. The highest BCUT2D eigenvalue weighted by Gasteiger charge is 2.19. The first kappa shape index (κ1) is 19.5. The minimum absolute atomic E-state index is 0. The number of amides is 2. The Kier molecular flexibility index (Phi) is 8.76. The summed E-state index contributed by atoms with van der Waals surface area (Å²) in [7, 11) is 1.59. The first-order chi connectivity index (χ1) is 9.40.